The summed E-state index contributed by atoms with van der Waals surface area (Å²) in [5.41, 5.74) is 2.50. The minimum absolute atomic E-state index is 0.0278. The van der Waals surface area contributed by atoms with E-state index >= 15 is 0 Å². The minimum Gasteiger partial charge on any atom is -0.490 e. The average Bonchev–Trinajstić information content (AvgIpc) is 3.25. The van der Waals surface area contributed by atoms with E-state index in [2.05, 4.69) is 10.1 Å². The molecule has 0 radical (unpaired) electrons. The molecule has 0 aliphatic carbocycles. The molecule has 26 heavy (non-hydrogen) atoms. The number of rotatable bonds is 4. The predicted molar refractivity (Wildman–Crippen MR) is 91.9 cm³/mol. The van der Waals surface area contributed by atoms with Crippen LogP contribution in [0.5, 0.6) is 5.75 Å². The van der Waals surface area contributed by atoms with Crippen molar-refractivity contribution in [1.29, 1.82) is 0 Å². The number of benzene rings is 1. The summed E-state index contributed by atoms with van der Waals surface area (Å²) in [6.07, 6.45) is 2.39. The van der Waals surface area contributed by atoms with Crippen LogP contribution in [0.1, 0.15) is 28.5 Å². The van der Waals surface area contributed by atoms with Gasteiger partial charge in [0.15, 0.2) is 5.76 Å². The second kappa shape index (κ2) is 6.51. The molecule has 4 rings (SSSR count). The zero-order valence-corrected chi connectivity index (χ0v) is 14.0. The summed E-state index contributed by atoms with van der Waals surface area (Å²) < 4.78 is 16.3. The summed E-state index contributed by atoms with van der Waals surface area (Å²) in [5, 5.41) is 3.93. The van der Waals surface area contributed by atoms with E-state index in [0.29, 0.717) is 11.5 Å². The zero-order valence-electron chi connectivity index (χ0n) is 14.0. The molecule has 0 fully saturated rings. The van der Waals surface area contributed by atoms with Crippen molar-refractivity contribution in [3.05, 3.63) is 69.8 Å². The van der Waals surface area contributed by atoms with Gasteiger partial charge in [0, 0.05) is 30.3 Å². The summed E-state index contributed by atoms with van der Waals surface area (Å²) in [4.78, 5) is 25.4. The maximum atomic E-state index is 11.9. The number of pyridine rings is 1. The number of carbonyl (C=O) groups is 1. The molecule has 0 saturated carbocycles. The van der Waals surface area contributed by atoms with Gasteiger partial charge in [-0.3, -0.25) is 4.79 Å². The molecule has 0 bridgehead atoms. The van der Waals surface area contributed by atoms with E-state index in [0.717, 1.165) is 17.7 Å². The van der Waals surface area contributed by atoms with Crippen LogP contribution in [0.25, 0.3) is 11.3 Å². The standard InChI is InChI=1S/C19H16N2O5/c1-11-6-12-2-3-13(7-16(12)25-11)17-8-15(21-26-17)10-24-19(23)14-4-5-18(22)20-9-14/h2-5,7-9,11H,6,10H2,1H3,(H,20,22). The van der Waals surface area contributed by atoms with Crippen LogP contribution in [-0.4, -0.2) is 22.2 Å². The maximum absolute atomic E-state index is 11.9. The Morgan fingerprint density at radius 1 is 1.31 bits per heavy atom. The largest absolute Gasteiger partial charge is 0.490 e. The third-order valence-corrected chi connectivity index (χ3v) is 4.12. The Kier molecular flexibility index (Phi) is 4.04. The summed E-state index contributed by atoms with van der Waals surface area (Å²) in [7, 11) is 0. The third kappa shape index (κ3) is 3.23. The molecule has 1 N–H and O–H groups in total. The van der Waals surface area contributed by atoms with Gasteiger partial charge in [0.05, 0.1) is 5.56 Å². The Morgan fingerprint density at radius 2 is 2.19 bits per heavy atom. The molecule has 3 aromatic rings. The lowest BCUT2D eigenvalue weighted by Crippen LogP contribution is -2.09. The number of nitrogens with one attached hydrogen (secondary N) is 1. The van der Waals surface area contributed by atoms with Crippen LogP contribution >= 0.6 is 0 Å². The molecule has 132 valence electrons. The Morgan fingerprint density at radius 3 is 3.00 bits per heavy atom. The Labute approximate surface area is 148 Å². The fraction of sp³-hybridized carbons (Fsp3) is 0.211. The molecule has 1 atom stereocenters. The number of hydrogen-bond acceptors (Lipinski definition) is 6. The van der Waals surface area contributed by atoms with E-state index in [9.17, 15) is 9.59 Å². The first-order valence-corrected chi connectivity index (χ1v) is 8.20. The highest BCUT2D eigenvalue weighted by Gasteiger charge is 2.20. The number of aromatic amines is 1. The van der Waals surface area contributed by atoms with E-state index in [1.807, 2.05) is 25.1 Å². The lowest BCUT2D eigenvalue weighted by Gasteiger charge is -2.03. The number of ether oxygens (including phenoxy) is 2. The smallest absolute Gasteiger partial charge is 0.340 e. The first-order chi connectivity index (χ1) is 12.6. The average molecular weight is 352 g/mol. The molecule has 0 spiro atoms. The number of carbonyl (C=O) groups excluding carboxylic acids is 1. The van der Waals surface area contributed by atoms with Crippen molar-refractivity contribution in [2.24, 2.45) is 0 Å². The number of esters is 1. The van der Waals surface area contributed by atoms with Crippen LogP contribution in [0.2, 0.25) is 0 Å². The van der Waals surface area contributed by atoms with Gasteiger partial charge in [0.25, 0.3) is 0 Å². The van der Waals surface area contributed by atoms with Crippen LogP contribution in [0, 0.1) is 0 Å². The highest BCUT2D eigenvalue weighted by Crippen LogP contribution is 2.33. The number of H-pyrrole nitrogens is 1. The van der Waals surface area contributed by atoms with Crippen molar-refractivity contribution in [3.8, 4) is 17.1 Å². The van der Waals surface area contributed by atoms with Gasteiger partial charge < -0.3 is 19.0 Å². The number of nitrogens with zero attached hydrogens (tertiary/aromatic N) is 1. The molecule has 3 heterocycles. The van der Waals surface area contributed by atoms with Gasteiger partial charge in [-0.25, -0.2) is 4.79 Å². The summed E-state index contributed by atoms with van der Waals surface area (Å²) in [6, 6.07) is 10.3. The Hall–Kier alpha value is -3.35. The normalized spacial score (nSPS) is 15.3. The molecule has 2 aromatic heterocycles. The topological polar surface area (TPSA) is 94.4 Å². The van der Waals surface area contributed by atoms with Gasteiger partial charge in [-0.1, -0.05) is 17.3 Å². The summed E-state index contributed by atoms with van der Waals surface area (Å²) >= 11 is 0. The monoisotopic (exact) mass is 352 g/mol. The van der Waals surface area contributed by atoms with E-state index in [1.165, 1.54) is 23.9 Å². The van der Waals surface area contributed by atoms with E-state index in [1.54, 1.807) is 6.07 Å². The van der Waals surface area contributed by atoms with Crippen molar-refractivity contribution >= 4 is 5.97 Å². The van der Waals surface area contributed by atoms with Crippen molar-refractivity contribution < 1.29 is 18.8 Å². The predicted octanol–water partition coefficient (Wildman–Crippen LogP) is 2.71. The number of hydrogen-bond donors (Lipinski definition) is 1. The van der Waals surface area contributed by atoms with Gasteiger partial charge in [-0.15, -0.1) is 0 Å². The van der Waals surface area contributed by atoms with Crippen molar-refractivity contribution in [3.63, 3.8) is 0 Å². The van der Waals surface area contributed by atoms with Crippen LogP contribution in [0.4, 0.5) is 0 Å². The second-order valence-corrected chi connectivity index (χ2v) is 6.16. The fourth-order valence-corrected chi connectivity index (χ4v) is 2.83. The van der Waals surface area contributed by atoms with Crippen molar-refractivity contribution in [2.75, 3.05) is 0 Å². The molecule has 0 amide bonds. The lowest BCUT2D eigenvalue weighted by molar-refractivity contribution is 0.0464. The molecular weight excluding hydrogens is 336 g/mol. The first kappa shape index (κ1) is 16.1. The van der Waals surface area contributed by atoms with E-state index in [4.69, 9.17) is 14.0 Å². The second-order valence-electron chi connectivity index (χ2n) is 6.16. The number of aromatic nitrogens is 2. The zero-order chi connectivity index (χ0) is 18.1. The quantitative estimate of drug-likeness (QED) is 0.726. The Bertz CT molecular complexity index is 1000. The molecule has 7 nitrogen and oxygen atoms in total. The molecule has 1 aliphatic heterocycles. The van der Waals surface area contributed by atoms with Gasteiger partial charge in [0.1, 0.15) is 24.2 Å². The van der Waals surface area contributed by atoms with Crippen LogP contribution in [0.3, 0.4) is 0 Å². The highest BCUT2D eigenvalue weighted by atomic mass is 16.5. The lowest BCUT2D eigenvalue weighted by atomic mass is 10.1. The molecule has 7 heteroatoms. The SMILES string of the molecule is CC1Cc2ccc(-c3cc(COC(=O)c4ccc(=O)[nH]c4)no3)cc2O1. The highest BCUT2D eigenvalue weighted by molar-refractivity contribution is 5.88. The van der Waals surface area contributed by atoms with Crippen molar-refractivity contribution in [2.45, 2.75) is 26.1 Å². The van der Waals surface area contributed by atoms with E-state index < -0.39 is 5.97 Å². The third-order valence-electron chi connectivity index (χ3n) is 4.12. The van der Waals surface area contributed by atoms with Gasteiger partial charge in [-0.05, 0) is 24.6 Å². The van der Waals surface area contributed by atoms with Crippen molar-refractivity contribution in [1.82, 2.24) is 10.1 Å². The summed E-state index contributed by atoms with van der Waals surface area (Å²) in [6.45, 7) is 2.00. The van der Waals surface area contributed by atoms with Crippen LogP contribution < -0.4 is 10.3 Å². The molecule has 1 unspecified atom stereocenters. The molecule has 0 saturated heterocycles. The Balaban J connectivity index is 1.44. The van der Waals surface area contributed by atoms with Crippen LogP contribution in [0.15, 0.2) is 51.9 Å². The van der Waals surface area contributed by atoms with E-state index in [-0.39, 0.29) is 23.8 Å². The number of fused-ring (bicyclic) bond motifs is 1. The summed E-state index contributed by atoms with van der Waals surface area (Å²) in [5.74, 6) is 0.884. The minimum atomic E-state index is -0.550. The fourth-order valence-electron chi connectivity index (χ4n) is 2.83. The van der Waals surface area contributed by atoms with Gasteiger partial charge in [0.2, 0.25) is 5.56 Å². The van der Waals surface area contributed by atoms with Gasteiger partial charge in [-0.2, -0.15) is 0 Å². The molecule has 1 aliphatic rings. The molecule has 1 aromatic carbocycles. The van der Waals surface area contributed by atoms with Gasteiger partial charge >= 0.3 is 5.97 Å². The maximum Gasteiger partial charge on any atom is 0.340 e. The van der Waals surface area contributed by atoms with Crippen LogP contribution in [-0.2, 0) is 17.8 Å². The first-order valence-electron chi connectivity index (χ1n) is 8.20. The molecular formula is C19H16N2O5.